The van der Waals surface area contributed by atoms with Gasteiger partial charge in [-0.05, 0) is 37.8 Å². The van der Waals surface area contributed by atoms with Crippen LogP contribution in [0.1, 0.15) is 68.6 Å². The first-order chi connectivity index (χ1) is 14.1. The Labute approximate surface area is 167 Å². The third kappa shape index (κ3) is 3.84. The van der Waals surface area contributed by atoms with Crippen LogP contribution in [-0.4, -0.2) is 33.4 Å². The molecule has 1 N–H and O–H groups in total. The first-order valence-electron chi connectivity index (χ1n) is 9.92. The minimum absolute atomic E-state index is 0.0429. The van der Waals surface area contributed by atoms with E-state index < -0.39 is 10.0 Å². The van der Waals surface area contributed by atoms with Gasteiger partial charge in [-0.15, -0.1) is 20.4 Å². The molecule has 5 rings (SSSR count). The van der Waals surface area contributed by atoms with E-state index in [1.54, 1.807) is 6.33 Å². The Kier molecular flexibility index (Phi) is 4.70. The Morgan fingerprint density at radius 2 is 1.86 bits per heavy atom. The van der Waals surface area contributed by atoms with Gasteiger partial charge in [0.2, 0.25) is 11.0 Å². The molecule has 2 fully saturated rings. The van der Waals surface area contributed by atoms with E-state index in [1.165, 1.54) is 31.4 Å². The van der Waals surface area contributed by atoms with Crippen LogP contribution in [0.3, 0.4) is 0 Å². The molecule has 2 aliphatic carbocycles. The van der Waals surface area contributed by atoms with E-state index in [1.807, 2.05) is 4.57 Å². The van der Waals surface area contributed by atoms with Crippen LogP contribution in [0.4, 0.5) is 0 Å². The number of sulfonamides is 1. The average molecular weight is 418 g/mol. The van der Waals surface area contributed by atoms with Gasteiger partial charge in [-0.25, -0.2) is 13.1 Å². The fraction of sp³-hybridized carbons (Fsp3) is 0.556. The van der Waals surface area contributed by atoms with Crippen molar-refractivity contribution in [2.24, 2.45) is 0 Å². The first-order valence-corrected chi connectivity index (χ1v) is 11.4. The molecule has 29 heavy (non-hydrogen) atoms. The zero-order valence-electron chi connectivity index (χ0n) is 15.8. The third-order valence-corrected chi connectivity index (χ3v) is 6.73. The SMILES string of the molecule is O=S(=O)(NCc1nncn1C1CCCCC1)c1ccc(-c2nnc(C3CC3)o2)o1. The normalized spacial score (nSPS) is 18.3. The molecule has 0 unspecified atom stereocenters. The number of furan rings is 1. The van der Waals surface area contributed by atoms with E-state index in [4.69, 9.17) is 8.83 Å². The Morgan fingerprint density at radius 1 is 1.03 bits per heavy atom. The summed E-state index contributed by atoms with van der Waals surface area (Å²) in [6.45, 7) is 0.0429. The van der Waals surface area contributed by atoms with Gasteiger partial charge in [0.05, 0.1) is 6.54 Å². The lowest BCUT2D eigenvalue weighted by Crippen LogP contribution is -2.26. The van der Waals surface area contributed by atoms with Crippen LogP contribution in [0.15, 0.2) is 32.4 Å². The molecule has 0 spiro atoms. The van der Waals surface area contributed by atoms with Gasteiger partial charge in [-0.2, -0.15) is 0 Å². The molecule has 0 aromatic carbocycles. The molecule has 154 valence electrons. The van der Waals surface area contributed by atoms with Crippen molar-refractivity contribution in [2.75, 3.05) is 0 Å². The number of hydrogen-bond donors (Lipinski definition) is 1. The molecule has 0 radical (unpaired) electrons. The van der Waals surface area contributed by atoms with E-state index >= 15 is 0 Å². The Hall–Kier alpha value is -2.53. The Balaban J connectivity index is 1.28. The minimum atomic E-state index is -3.86. The van der Waals surface area contributed by atoms with Crippen molar-refractivity contribution in [3.8, 4) is 11.7 Å². The van der Waals surface area contributed by atoms with Gasteiger partial charge in [0, 0.05) is 12.0 Å². The van der Waals surface area contributed by atoms with Gasteiger partial charge in [0.1, 0.15) is 12.2 Å². The maximum absolute atomic E-state index is 12.7. The molecule has 3 aromatic rings. The van der Waals surface area contributed by atoms with Crippen LogP contribution >= 0.6 is 0 Å². The highest BCUT2D eigenvalue weighted by atomic mass is 32.2. The van der Waals surface area contributed by atoms with Gasteiger partial charge in [-0.3, -0.25) is 0 Å². The van der Waals surface area contributed by atoms with E-state index in [0.717, 1.165) is 25.7 Å². The van der Waals surface area contributed by atoms with Gasteiger partial charge >= 0.3 is 0 Å². The molecule has 0 atom stereocenters. The lowest BCUT2D eigenvalue weighted by molar-refractivity contribution is 0.344. The van der Waals surface area contributed by atoms with Crippen LogP contribution in [0.2, 0.25) is 0 Å². The van der Waals surface area contributed by atoms with Crippen molar-refractivity contribution < 1.29 is 17.3 Å². The molecule has 2 aliphatic rings. The van der Waals surface area contributed by atoms with Gasteiger partial charge in [-0.1, -0.05) is 19.3 Å². The quantitative estimate of drug-likeness (QED) is 0.620. The van der Waals surface area contributed by atoms with Crippen molar-refractivity contribution >= 4 is 10.0 Å². The molecule has 0 saturated heterocycles. The van der Waals surface area contributed by atoms with Crippen LogP contribution in [0.5, 0.6) is 0 Å². The van der Waals surface area contributed by atoms with Crippen LogP contribution in [0.25, 0.3) is 11.7 Å². The highest BCUT2D eigenvalue weighted by Gasteiger charge is 2.30. The van der Waals surface area contributed by atoms with Crippen molar-refractivity contribution in [1.29, 1.82) is 0 Å². The molecular formula is C18H22N6O4S. The van der Waals surface area contributed by atoms with Gasteiger partial charge < -0.3 is 13.4 Å². The molecule has 2 saturated carbocycles. The smallest absolute Gasteiger partial charge is 0.283 e. The van der Waals surface area contributed by atoms with Crippen LogP contribution in [-0.2, 0) is 16.6 Å². The third-order valence-electron chi connectivity index (χ3n) is 5.46. The van der Waals surface area contributed by atoms with Gasteiger partial charge in [0.15, 0.2) is 5.76 Å². The van der Waals surface area contributed by atoms with Crippen molar-refractivity contribution in [1.82, 2.24) is 29.7 Å². The lowest BCUT2D eigenvalue weighted by atomic mass is 9.95. The topological polar surface area (TPSA) is 129 Å². The second kappa shape index (κ2) is 7.38. The first kappa shape index (κ1) is 18.5. The zero-order chi connectivity index (χ0) is 19.8. The Morgan fingerprint density at radius 3 is 2.66 bits per heavy atom. The number of aromatic nitrogens is 5. The van der Waals surface area contributed by atoms with Gasteiger partial charge in [0.25, 0.3) is 15.9 Å². The van der Waals surface area contributed by atoms with Crippen molar-refractivity contribution in [3.05, 3.63) is 30.2 Å². The fourth-order valence-corrected chi connectivity index (χ4v) is 4.60. The molecule has 10 nitrogen and oxygen atoms in total. The molecule has 0 amide bonds. The predicted molar refractivity (Wildman–Crippen MR) is 100 cm³/mol. The summed E-state index contributed by atoms with van der Waals surface area (Å²) in [7, 11) is -3.86. The van der Waals surface area contributed by atoms with Crippen LogP contribution in [0, 0.1) is 0 Å². The zero-order valence-corrected chi connectivity index (χ0v) is 16.6. The van der Waals surface area contributed by atoms with E-state index in [0.29, 0.717) is 23.7 Å². The molecule has 3 aromatic heterocycles. The van der Waals surface area contributed by atoms with E-state index in [9.17, 15) is 8.42 Å². The lowest BCUT2D eigenvalue weighted by Gasteiger charge is -2.23. The summed E-state index contributed by atoms with van der Waals surface area (Å²) in [6.07, 6.45) is 9.45. The second-order valence-electron chi connectivity index (χ2n) is 7.61. The maximum Gasteiger partial charge on any atom is 0.283 e. The number of nitrogens with one attached hydrogen (secondary N) is 1. The summed E-state index contributed by atoms with van der Waals surface area (Å²) in [4.78, 5) is 0. The predicted octanol–water partition coefficient (Wildman–Crippen LogP) is 2.78. The number of rotatable bonds is 7. The standard InChI is InChI=1S/C18H22N6O4S/c25-29(26,20-10-15-21-19-11-24(15)13-4-2-1-3-5-13)16-9-8-14(27-16)18-23-22-17(28-18)12-6-7-12/h8-9,11-13,20H,1-7,10H2. The van der Waals surface area contributed by atoms with Crippen molar-refractivity contribution in [2.45, 2.75) is 68.5 Å². The summed E-state index contributed by atoms with van der Waals surface area (Å²) < 4.78 is 40.9. The molecule has 0 aliphatic heterocycles. The summed E-state index contributed by atoms with van der Waals surface area (Å²) in [6, 6.07) is 3.22. The monoisotopic (exact) mass is 418 g/mol. The Bertz CT molecular complexity index is 1090. The summed E-state index contributed by atoms with van der Waals surface area (Å²) in [5, 5.41) is 15.8. The minimum Gasteiger partial charge on any atom is -0.438 e. The maximum atomic E-state index is 12.7. The average Bonchev–Trinajstić information content (AvgIpc) is 3.17. The summed E-state index contributed by atoms with van der Waals surface area (Å²) in [5.74, 6) is 1.90. The number of hydrogen-bond acceptors (Lipinski definition) is 8. The molecule has 11 heteroatoms. The van der Waals surface area contributed by atoms with E-state index in [-0.39, 0.29) is 23.3 Å². The fourth-order valence-electron chi connectivity index (χ4n) is 3.70. The molecule has 3 heterocycles. The summed E-state index contributed by atoms with van der Waals surface area (Å²) in [5.41, 5.74) is 0. The van der Waals surface area contributed by atoms with Crippen molar-refractivity contribution in [3.63, 3.8) is 0 Å². The van der Waals surface area contributed by atoms with Crippen LogP contribution < -0.4 is 4.72 Å². The molecule has 0 bridgehead atoms. The molecular weight excluding hydrogens is 396 g/mol. The highest BCUT2D eigenvalue weighted by molar-refractivity contribution is 7.89. The number of nitrogens with zero attached hydrogens (tertiary/aromatic N) is 5. The largest absolute Gasteiger partial charge is 0.438 e. The summed E-state index contributed by atoms with van der Waals surface area (Å²) >= 11 is 0. The highest BCUT2D eigenvalue weighted by Crippen LogP contribution is 2.40. The second-order valence-corrected chi connectivity index (χ2v) is 9.31. The van der Waals surface area contributed by atoms with E-state index in [2.05, 4.69) is 25.1 Å².